The Hall–Kier alpha value is -1.22. The molecular formula is C14H21NO2. The first-order valence-corrected chi connectivity index (χ1v) is 6.21. The van der Waals surface area contributed by atoms with Crippen LogP contribution in [0.25, 0.3) is 0 Å². The van der Waals surface area contributed by atoms with E-state index in [0.29, 0.717) is 6.61 Å². The molecule has 3 nitrogen and oxygen atoms in total. The summed E-state index contributed by atoms with van der Waals surface area (Å²) in [5.74, 6) is 1.81. The van der Waals surface area contributed by atoms with E-state index in [1.807, 2.05) is 25.1 Å². The van der Waals surface area contributed by atoms with Crippen molar-refractivity contribution in [1.29, 1.82) is 0 Å². The summed E-state index contributed by atoms with van der Waals surface area (Å²) < 4.78 is 11.2. The number of hydrogen-bond donors (Lipinski definition) is 1. The second kappa shape index (κ2) is 4.57. The molecule has 1 aliphatic rings. The highest BCUT2D eigenvalue weighted by atomic mass is 16.5. The van der Waals surface area contributed by atoms with Crippen molar-refractivity contribution in [2.75, 3.05) is 13.7 Å². The molecule has 1 unspecified atom stereocenters. The van der Waals surface area contributed by atoms with Crippen molar-refractivity contribution < 1.29 is 9.47 Å². The van der Waals surface area contributed by atoms with Gasteiger partial charge in [-0.25, -0.2) is 0 Å². The molecule has 1 aromatic rings. The molecule has 1 atom stereocenters. The lowest BCUT2D eigenvalue weighted by molar-refractivity contribution is 0.322. The van der Waals surface area contributed by atoms with E-state index >= 15 is 0 Å². The fraction of sp³-hybridized carbons (Fsp3) is 0.571. The SMILES string of the molecule is CCOc1cccc(OC)c1C1(C(C)N)CC1. The summed E-state index contributed by atoms with van der Waals surface area (Å²) >= 11 is 0. The zero-order valence-corrected chi connectivity index (χ0v) is 10.8. The molecule has 0 aliphatic heterocycles. The number of hydrogen-bond acceptors (Lipinski definition) is 3. The standard InChI is InChI=1S/C14H21NO2/c1-4-17-12-7-5-6-11(16-3)13(12)14(8-9-14)10(2)15/h5-7,10H,4,8-9,15H2,1-3H3. The molecule has 0 radical (unpaired) electrons. The van der Waals surface area contributed by atoms with Gasteiger partial charge in [-0.1, -0.05) is 6.07 Å². The summed E-state index contributed by atoms with van der Waals surface area (Å²) in [6, 6.07) is 6.08. The second-order valence-corrected chi connectivity index (χ2v) is 4.71. The highest BCUT2D eigenvalue weighted by Gasteiger charge is 2.50. The molecule has 2 N–H and O–H groups in total. The van der Waals surface area contributed by atoms with Gasteiger partial charge in [0.1, 0.15) is 11.5 Å². The summed E-state index contributed by atoms with van der Waals surface area (Å²) in [5, 5.41) is 0. The third-order valence-corrected chi connectivity index (χ3v) is 3.67. The van der Waals surface area contributed by atoms with E-state index < -0.39 is 0 Å². The van der Waals surface area contributed by atoms with Gasteiger partial charge < -0.3 is 15.2 Å². The normalized spacial score (nSPS) is 18.6. The third-order valence-electron chi connectivity index (χ3n) is 3.67. The first-order chi connectivity index (χ1) is 8.15. The molecule has 1 fully saturated rings. The van der Waals surface area contributed by atoms with Crippen molar-refractivity contribution in [1.82, 2.24) is 0 Å². The molecule has 1 aliphatic carbocycles. The maximum atomic E-state index is 6.14. The van der Waals surface area contributed by atoms with Crippen LogP contribution in [0.5, 0.6) is 11.5 Å². The molecule has 94 valence electrons. The number of benzene rings is 1. The maximum Gasteiger partial charge on any atom is 0.126 e. The summed E-state index contributed by atoms with van der Waals surface area (Å²) in [7, 11) is 1.70. The number of nitrogens with two attached hydrogens (primary N) is 1. The van der Waals surface area contributed by atoms with E-state index in [1.54, 1.807) is 7.11 Å². The summed E-state index contributed by atoms with van der Waals surface area (Å²) in [4.78, 5) is 0. The monoisotopic (exact) mass is 235 g/mol. The Morgan fingerprint density at radius 3 is 2.47 bits per heavy atom. The zero-order chi connectivity index (χ0) is 12.5. The van der Waals surface area contributed by atoms with Gasteiger partial charge in [0.05, 0.1) is 13.7 Å². The molecular weight excluding hydrogens is 214 g/mol. The Bertz CT molecular complexity index is 397. The number of ether oxygens (including phenoxy) is 2. The lowest BCUT2D eigenvalue weighted by Crippen LogP contribution is -2.32. The van der Waals surface area contributed by atoms with Crippen molar-refractivity contribution >= 4 is 0 Å². The molecule has 17 heavy (non-hydrogen) atoms. The molecule has 0 bridgehead atoms. The largest absolute Gasteiger partial charge is 0.496 e. The fourth-order valence-corrected chi connectivity index (χ4v) is 2.52. The van der Waals surface area contributed by atoms with Crippen LogP contribution >= 0.6 is 0 Å². The fourth-order valence-electron chi connectivity index (χ4n) is 2.52. The predicted molar refractivity (Wildman–Crippen MR) is 68.7 cm³/mol. The highest BCUT2D eigenvalue weighted by Crippen LogP contribution is 2.56. The quantitative estimate of drug-likeness (QED) is 0.852. The minimum absolute atomic E-state index is 0.0527. The van der Waals surface area contributed by atoms with Crippen molar-refractivity contribution in [2.45, 2.75) is 38.1 Å². The summed E-state index contributed by atoms with van der Waals surface area (Å²) in [6.45, 7) is 4.72. The van der Waals surface area contributed by atoms with Gasteiger partial charge in [-0.05, 0) is 38.8 Å². The van der Waals surface area contributed by atoms with E-state index in [0.717, 1.165) is 29.9 Å². The van der Waals surface area contributed by atoms with Crippen LogP contribution in [0.3, 0.4) is 0 Å². The van der Waals surface area contributed by atoms with E-state index in [4.69, 9.17) is 15.2 Å². The molecule has 0 amide bonds. The minimum Gasteiger partial charge on any atom is -0.496 e. The number of rotatable bonds is 5. The average Bonchev–Trinajstić information content (AvgIpc) is 3.10. The van der Waals surface area contributed by atoms with Gasteiger partial charge >= 0.3 is 0 Å². The Kier molecular flexibility index (Phi) is 3.29. The van der Waals surface area contributed by atoms with Crippen LogP contribution in [0, 0.1) is 0 Å². The Balaban J connectivity index is 2.49. The van der Waals surface area contributed by atoms with Gasteiger partial charge in [-0.15, -0.1) is 0 Å². The van der Waals surface area contributed by atoms with Crippen LogP contribution < -0.4 is 15.2 Å². The molecule has 0 spiro atoms. The van der Waals surface area contributed by atoms with Crippen molar-refractivity contribution in [3.05, 3.63) is 23.8 Å². The predicted octanol–water partition coefficient (Wildman–Crippen LogP) is 2.47. The zero-order valence-electron chi connectivity index (χ0n) is 10.8. The minimum atomic E-state index is 0.0527. The lowest BCUT2D eigenvalue weighted by Gasteiger charge is -2.25. The van der Waals surface area contributed by atoms with E-state index in [-0.39, 0.29) is 11.5 Å². The Morgan fingerprint density at radius 1 is 1.35 bits per heavy atom. The second-order valence-electron chi connectivity index (χ2n) is 4.71. The Morgan fingerprint density at radius 2 is 2.00 bits per heavy atom. The van der Waals surface area contributed by atoms with Crippen molar-refractivity contribution in [3.63, 3.8) is 0 Å². The molecule has 1 aromatic carbocycles. The molecule has 2 rings (SSSR count). The molecule has 0 aromatic heterocycles. The van der Waals surface area contributed by atoms with Crippen LogP contribution in [0.2, 0.25) is 0 Å². The molecule has 0 saturated heterocycles. The molecule has 1 saturated carbocycles. The van der Waals surface area contributed by atoms with Crippen LogP contribution in [-0.2, 0) is 5.41 Å². The van der Waals surface area contributed by atoms with Crippen LogP contribution in [0.15, 0.2) is 18.2 Å². The van der Waals surface area contributed by atoms with Gasteiger partial charge in [0, 0.05) is 17.0 Å². The maximum absolute atomic E-state index is 6.14. The highest BCUT2D eigenvalue weighted by molar-refractivity contribution is 5.53. The first-order valence-electron chi connectivity index (χ1n) is 6.21. The van der Waals surface area contributed by atoms with Gasteiger partial charge in [0.15, 0.2) is 0 Å². The summed E-state index contributed by atoms with van der Waals surface area (Å²) in [6.07, 6.45) is 2.23. The Labute approximate surface area is 103 Å². The average molecular weight is 235 g/mol. The first kappa shape index (κ1) is 12.2. The van der Waals surface area contributed by atoms with Crippen molar-refractivity contribution in [2.24, 2.45) is 5.73 Å². The third kappa shape index (κ3) is 2.00. The van der Waals surface area contributed by atoms with Crippen molar-refractivity contribution in [3.8, 4) is 11.5 Å². The van der Waals surface area contributed by atoms with E-state index in [2.05, 4.69) is 6.92 Å². The van der Waals surface area contributed by atoms with Crippen LogP contribution in [-0.4, -0.2) is 19.8 Å². The van der Waals surface area contributed by atoms with Gasteiger partial charge in [0.25, 0.3) is 0 Å². The van der Waals surface area contributed by atoms with E-state index in [1.165, 1.54) is 0 Å². The van der Waals surface area contributed by atoms with Gasteiger partial charge in [-0.3, -0.25) is 0 Å². The smallest absolute Gasteiger partial charge is 0.126 e. The van der Waals surface area contributed by atoms with Gasteiger partial charge in [-0.2, -0.15) is 0 Å². The molecule has 3 heteroatoms. The van der Waals surface area contributed by atoms with Gasteiger partial charge in [0.2, 0.25) is 0 Å². The summed E-state index contributed by atoms with van der Waals surface area (Å²) in [5.41, 5.74) is 7.35. The lowest BCUT2D eigenvalue weighted by atomic mass is 9.88. The van der Waals surface area contributed by atoms with Crippen LogP contribution in [0.4, 0.5) is 0 Å². The van der Waals surface area contributed by atoms with E-state index in [9.17, 15) is 0 Å². The number of methoxy groups -OCH3 is 1. The molecule has 0 heterocycles. The topological polar surface area (TPSA) is 44.5 Å². The van der Waals surface area contributed by atoms with Crippen LogP contribution in [0.1, 0.15) is 32.3 Å².